The number of hydrogen-bond acceptors (Lipinski definition) is 9. The molecule has 4 atom stereocenters. The molecule has 0 aromatic rings. The van der Waals surface area contributed by atoms with Crippen LogP contribution in [0, 0.1) is 11.8 Å². The minimum atomic E-state index is -0.714. The lowest BCUT2D eigenvalue weighted by Gasteiger charge is -2.27. The Labute approximate surface area is 236 Å². The Morgan fingerprint density at radius 1 is 0.750 bits per heavy atom. The fourth-order valence-electron chi connectivity index (χ4n) is 4.87. The summed E-state index contributed by atoms with van der Waals surface area (Å²) >= 11 is 0. The molecule has 2 saturated carbocycles. The molecule has 0 bridgehead atoms. The van der Waals surface area contributed by atoms with Crippen molar-refractivity contribution in [2.24, 2.45) is 11.8 Å². The number of likely N-dealkylation sites (N-methyl/N-ethyl adjacent to an activating group) is 1. The number of hydrogen-bond donors (Lipinski definition) is 2. The predicted molar refractivity (Wildman–Crippen MR) is 145 cm³/mol. The first-order valence-electron chi connectivity index (χ1n) is 14.5. The average Bonchev–Trinajstić information content (AvgIpc) is 3.79. The molecular weight excluding hydrogens is 520 g/mol. The first-order chi connectivity index (χ1) is 18.8. The van der Waals surface area contributed by atoms with Gasteiger partial charge in [0.1, 0.15) is 17.7 Å². The lowest BCUT2D eigenvalue weighted by atomic mass is 10.1. The zero-order valence-corrected chi connectivity index (χ0v) is 24.7. The van der Waals surface area contributed by atoms with Crippen LogP contribution in [-0.4, -0.2) is 103 Å². The van der Waals surface area contributed by atoms with Crippen molar-refractivity contribution in [2.45, 2.75) is 103 Å². The minimum absolute atomic E-state index is 0.00338. The molecular formula is C28H46N4O8. The zero-order valence-electron chi connectivity index (χ0n) is 24.7. The van der Waals surface area contributed by atoms with Crippen LogP contribution in [0.5, 0.6) is 0 Å². The van der Waals surface area contributed by atoms with Gasteiger partial charge in [0.25, 0.3) is 0 Å². The second kappa shape index (κ2) is 13.6. The van der Waals surface area contributed by atoms with Gasteiger partial charge in [-0.2, -0.15) is 0 Å². The zero-order chi connectivity index (χ0) is 29.6. The normalized spacial score (nSPS) is 26.3. The Morgan fingerprint density at radius 3 is 1.65 bits per heavy atom. The fourth-order valence-corrected chi connectivity index (χ4v) is 4.87. The van der Waals surface area contributed by atoms with E-state index in [1.165, 1.54) is 4.90 Å². The molecule has 0 spiro atoms. The number of carbonyl (C=O) groups excluding carboxylic acids is 5. The maximum absolute atomic E-state index is 12.3. The van der Waals surface area contributed by atoms with Crippen LogP contribution in [0.1, 0.15) is 73.1 Å². The van der Waals surface area contributed by atoms with Crippen molar-refractivity contribution in [3.05, 3.63) is 0 Å². The highest BCUT2D eigenvalue weighted by atomic mass is 16.6. The minimum Gasteiger partial charge on any atom is -0.465 e. The van der Waals surface area contributed by atoms with Crippen LogP contribution < -0.4 is 10.6 Å². The van der Waals surface area contributed by atoms with E-state index < -0.39 is 23.7 Å². The van der Waals surface area contributed by atoms with Crippen LogP contribution in [0.4, 0.5) is 4.79 Å². The van der Waals surface area contributed by atoms with E-state index in [0.717, 1.165) is 32.2 Å². The van der Waals surface area contributed by atoms with Gasteiger partial charge >= 0.3 is 18.0 Å². The SMILES string of the molecule is CCOC(=O)[C@@H]1C[C@@H](NC(=O)C2CC2)CN1C.CCOC(=O)[C@@H]1C[C@@H](NC(=O)C2CC2)CN1C(=O)OC(C)(C)C. The Balaban J connectivity index is 0.000000230. The summed E-state index contributed by atoms with van der Waals surface area (Å²) in [6.07, 6.45) is 4.31. The number of ether oxygens (including phenoxy) is 3. The lowest BCUT2D eigenvalue weighted by Crippen LogP contribution is -2.44. The van der Waals surface area contributed by atoms with E-state index in [1.807, 2.05) is 11.9 Å². The molecule has 0 aromatic heterocycles. The molecule has 2 aliphatic carbocycles. The second-order valence-electron chi connectivity index (χ2n) is 12.0. The van der Waals surface area contributed by atoms with Crippen molar-refractivity contribution in [3.63, 3.8) is 0 Å². The van der Waals surface area contributed by atoms with Gasteiger partial charge in [0, 0.05) is 43.4 Å². The number of carbonyl (C=O) groups is 5. The standard InChI is InChI=1S/C16H26N2O5.C12H20N2O3/c1-5-22-14(20)12-8-11(17-13(19)10-6-7-10)9-18(12)15(21)23-16(2,3)4;1-3-17-12(16)10-6-9(7-14(10)2)13-11(15)8-4-5-8/h10-12H,5-9H2,1-4H3,(H,17,19);8-10H,3-7H2,1-2H3,(H,13,15)/t11-,12+;9-,10+/m11/s1. The third-order valence-corrected chi connectivity index (χ3v) is 7.18. The van der Waals surface area contributed by atoms with Crippen molar-refractivity contribution < 1.29 is 38.2 Å². The molecule has 226 valence electrons. The molecule has 0 unspecified atom stereocenters. The highest BCUT2D eigenvalue weighted by Gasteiger charge is 2.44. The topological polar surface area (TPSA) is 144 Å². The van der Waals surface area contributed by atoms with Crippen molar-refractivity contribution in [2.75, 3.05) is 33.4 Å². The van der Waals surface area contributed by atoms with Gasteiger partial charge in [-0.05, 0) is 73.8 Å². The lowest BCUT2D eigenvalue weighted by molar-refractivity contribution is -0.148. The van der Waals surface area contributed by atoms with Gasteiger partial charge in [-0.1, -0.05) is 0 Å². The van der Waals surface area contributed by atoms with Crippen molar-refractivity contribution in [1.82, 2.24) is 20.4 Å². The Hall–Kier alpha value is -2.89. The molecule has 0 aromatic carbocycles. The summed E-state index contributed by atoms with van der Waals surface area (Å²) in [5.41, 5.74) is -0.647. The first-order valence-corrected chi connectivity index (χ1v) is 14.5. The number of amides is 3. The van der Waals surface area contributed by atoms with E-state index in [9.17, 15) is 24.0 Å². The van der Waals surface area contributed by atoms with E-state index in [-0.39, 0.29) is 60.9 Å². The summed E-state index contributed by atoms with van der Waals surface area (Å²) in [5, 5.41) is 5.93. The Kier molecular flexibility index (Phi) is 10.8. The van der Waals surface area contributed by atoms with Crippen LogP contribution in [0.3, 0.4) is 0 Å². The molecule has 2 heterocycles. The Bertz CT molecular complexity index is 943. The first kappa shape index (κ1) is 31.6. The molecule has 3 amide bonds. The van der Waals surface area contributed by atoms with E-state index in [0.29, 0.717) is 19.4 Å². The van der Waals surface area contributed by atoms with Crippen molar-refractivity contribution in [1.29, 1.82) is 0 Å². The summed E-state index contributed by atoms with van der Waals surface area (Å²) in [6, 6.07) is -1.08. The molecule has 0 radical (unpaired) electrons. The van der Waals surface area contributed by atoms with E-state index in [2.05, 4.69) is 10.6 Å². The average molecular weight is 567 g/mol. The van der Waals surface area contributed by atoms with Crippen molar-refractivity contribution >= 4 is 29.8 Å². The van der Waals surface area contributed by atoms with Gasteiger partial charge in [-0.15, -0.1) is 0 Å². The van der Waals surface area contributed by atoms with E-state index in [1.54, 1.807) is 34.6 Å². The summed E-state index contributed by atoms with van der Waals surface area (Å²) in [6.45, 7) is 10.5. The number of likely N-dealkylation sites (tertiary alicyclic amines) is 2. The van der Waals surface area contributed by atoms with Crippen LogP contribution in [0.15, 0.2) is 0 Å². The molecule has 4 fully saturated rings. The van der Waals surface area contributed by atoms with E-state index >= 15 is 0 Å². The highest BCUT2D eigenvalue weighted by Crippen LogP contribution is 2.31. The maximum atomic E-state index is 12.3. The van der Waals surface area contributed by atoms with Crippen molar-refractivity contribution in [3.8, 4) is 0 Å². The number of nitrogens with zero attached hydrogens (tertiary/aromatic N) is 2. The third-order valence-electron chi connectivity index (χ3n) is 7.18. The number of rotatable bonds is 8. The maximum Gasteiger partial charge on any atom is 0.411 e. The van der Waals surface area contributed by atoms with Crippen LogP contribution in [0.25, 0.3) is 0 Å². The molecule has 2 aliphatic heterocycles. The quantitative estimate of drug-likeness (QED) is 0.331. The monoisotopic (exact) mass is 566 g/mol. The van der Waals surface area contributed by atoms with Crippen LogP contribution in [0.2, 0.25) is 0 Å². The number of nitrogens with one attached hydrogen (secondary N) is 2. The van der Waals surface area contributed by atoms with Gasteiger partial charge in [-0.25, -0.2) is 9.59 Å². The molecule has 2 N–H and O–H groups in total. The van der Waals surface area contributed by atoms with E-state index in [4.69, 9.17) is 14.2 Å². The summed E-state index contributed by atoms with van der Waals surface area (Å²) in [4.78, 5) is 63.0. The molecule has 12 nitrogen and oxygen atoms in total. The molecule has 2 saturated heterocycles. The molecule has 4 aliphatic rings. The van der Waals surface area contributed by atoms with Gasteiger partial charge in [0.05, 0.1) is 13.2 Å². The smallest absolute Gasteiger partial charge is 0.411 e. The van der Waals surface area contributed by atoms with Gasteiger partial charge < -0.3 is 24.8 Å². The summed E-state index contributed by atoms with van der Waals surface area (Å²) < 4.78 is 15.4. The van der Waals surface area contributed by atoms with Gasteiger partial charge in [-0.3, -0.25) is 24.2 Å². The molecule has 40 heavy (non-hydrogen) atoms. The second-order valence-corrected chi connectivity index (χ2v) is 12.0. The highest BCUT2D eigenvalue weighted by molar-refractivity contribution is 5.84. The Morgan fingerprint density at radius 2 is 1.20 bits per heavy atom. The largest absolute Gasteiger partial charge is 0.465 e. The molecule has 12 heteroatoms. The van der Waals surface area contributed by atoms with Gasteiger partial charge in [0.15, 0.2) is 0 Å². The summed E-state index contributed by atoms with van der Waals surface area (Å²) in [5.74, 6) is -0.176. The van der Waals surface area contributed by atoms with Crippen LogP contribution >= 0.6 is 0 Å². The van der Waals surface area contributed by atoms with Crippen LogP contribution in [-0.2, 0) is 33.4 Å². The van der Waals surface area contributed by atoms with Gasteiger partial charge in [0.2, 0.25) is 11.8 Å². The molecule has 4 rings (SSSR count). The fraction of sp³-hybridized carbons (Fsp3) is 0.821. The third kappa shape index (κ3) is 9.35. The predicted octanol–water partition coefficient (Wildman–Crippen LogP) is 1.60. The number of esters is 2. The summed E-state index contributed by atoms with van der Waals surface area (Å²) in [7, 11) is 1.89.